The number of carbonyl (C=O) groups excluding carboxylic acids is 1. The number of hydrogen-bond donors (Lipinski definition) is 0. The van der Waals surface area contributed by atoms with E-state index in [1.54, 1.807) is 35.9 Å². The Morgan fingerprint density at radius 1 is 1.06 bits per heavy atom. The van der Waals surface area contributed by atoms with Crippen LogP contribution in [0.3, 0.4) is 0 Å². The molecule has 3 heterocycles. The number of fused-ring (bicyclic) bond motifs is 2. The third-order valence-corrected chi connectivity index (χ3v) is 6.10. The van der Waals surface area contributed by atoms with Gasteiger partial charge in [0.1, 0.15) is 19.0 Å². The van der Waals surface area contributed by atoms with Crippen LogP contribution in [-0.4, -0.2) is 66.9 Å². The first-order valence-corrected chi connectivity index (χ1v) is 11.1. The second kappa shape index (κ2) is 8.65. The molecule has 1 fully saturated rings. The highest BCUT2D eigenvalue weighted by Gasteiger charge is 2.27. The number of piperazine rings is 1. The number of nitrogens with zero attached hydrogens (tertiary/aromatic N) is 4. The van der Waals surface area contributed by atoms with Gasteiger partial charge in [0.2, 0.25) is 5.95 Å². The number of ether oxygens (including phenoxy) is 3. The third-order valence-electron chi connectivity index (χ3n) is 6.10. The van der Waals surface area contributed by atoms with Gasteiger partial charge in [0.25, 0.3) is 11.5 Å². The molecule has 0 saturated carbocycles. The zero-order valence-electron chi connectivity index (χ0n) is 18.7. The second-order valence-electron chi connectivity index (χ2n) is 7.95. The lowest BCUT2D eigenvalue weighted by Crippen LogP contribution is -2.50. The summed E-state index contributed by atoms with van der Waals surface area (Å²) in [7, 11) is 1.56. The summed E-state index contributed by atoms with van der Waals surface area (Å²) < 4.78 is 18.3. The van der Waals surface area contributed by atoms with Gasteiger partial charge >= 0.3 is 0 Å². The molecule has 1 aromatic heterocycles. The number of methoxy groups -OCH3 is 1. The first-order valence-electron chi connectivity index (χ1n) is 11.1. The standard InChI is InChI=1S/C24H26N4O5/c1-3-28-23(30)17-14-20-21(33-13-12-32-20)15-18(17)25-24(28)27-10-8-26(9-11-27)22(29)16-6-4-5-7-19(16)31-2/h4-7,14-15H,3,8-13H2,1-2H3. The summed E-state index contributed by atoms with van der Waals surface area (Å²) in [4.78, 5) is 35.0. The SMILES string of the molecule is CCn1c(N2CCN(C(=O)c3ccccc3OC)CC2)nc2cc3c(cc2c1=O)OCCO3. The molecule has 33 heavy (non-hydrogen) atoms. The van der Waals surface area contributed by atoms with Crippen LogP contribution in [0.4, 0.5) is 5.95 Å². The average molecular weight is 450 g/mol. The van der Waals surface area contributed by atoms with Crippen LogP contribution >= 0.6 is 0 Å². The zero-order chi connectivity index (χ0) is 22.9. The van der Waals surface area contributed by atoms with Crippen molar-refractivity contribution < 1.29 is 19.0 Å². The molecule has 1 saturated heterocycles. The Bertz CT molecular complexity index is 1260. The first kappa shape index (κ1) is 21.1. The number of rotatable bonds is 4. The van der Waals surface area contributed by atoms with Crippen LogP contribution in [0.15, 0.2) is 41.2 Å². The third kappa shape index (κ3) is 3.73. The van der Waals surface area contributed by atoms with Crippen LogP contribution < -0.4 is 24.7 Å². The number of anilines is 1. The predicted octanol–water partition coefficient (Wildman–Crippen LogP) is 2.16. The van der Waals surface area contributed by atoms with E-state index in [4.69, 9.17) is 19.2 Å². The lowest BCUT2D eigenvalue weighted by Gasteiger charge is -2.36. The molecule has 2 aliphatic heterocycles. The van der Waals surface area contributed by atoms with Crippen LogP contribution in [0.25, 0.3) is 10.9 Å². The molecular formula is C24H26N4O5. The van der Waals surface area contributed by atoms with E-state index in [0.29, 0.717) is 85.6 Å². The van der Waals surface area contributed by atoms with Gasteiger partial charge in [0.15, 0.2) is 11.5 Å². The molecule has 3 aromatic rings. The fraction of sp³-hybridized carbons (Fsp3) is 0.375. The second-order valence-corrected chi connectivity index (χ2v) is 7.95. The average Bonchev–Trinajstić information content (AvgIpc) is 2.87. The number of benzene rings is 2. The Balaban J connectivity index is 1.42. The summed E-state index contributed by atoms with van der Waals surface area (Å²) in [5, 5.41) is 0.509. The summed E-state index contributed by atoms with van der Waals surface area (Å²) in [6.45, 7) is 5.55. The molecule has 9 heteroatoms. The van der Waals surface area contributed by atoms with E-state index in [2.05, 4.69) is 4.90 Å². The molecule has 0 unspecified atom stereocenters. The summed E-state index contributed by atoms with van der Waals surface area (Å²) in [6, 6.07) is 10.7. The maximum absolute atomic E-state index is 13.3. The van der Waals surface area contributed by atoms with Crippen molar-refractivity contribution >= 4 is 22.8 Å². The summed E-state index contributed by atoms with van der Waals surface area (Å²) in [6.07, 6.45) is 0. The molecule has 0 bridgehead atoms. The fourth-order valence-electron chi connectivity index (χ4n) is 4.37. The van der Waals surface area contributed by atoms with Crippen LogP contribution in [0, 0.1) is 0 Å². The lowest BCUT2D eigenvalue weighted by molar-refractivity contribution is 0.0742. The summed E-state index contributed by atoms with van der Waals surface area (Å²) in [5.74, 6) is 2.29. The van der Waals surface area contributed by atoms with E-state index in [0.717, 1.165) is 0 Å². The van der Waals surface area contributed by atoms with E-state index >= 15 is 0 Å². The van der Waals surface area contributed by atoms with E-state index < -0.39 is 0 Å². The minimum atomic E-state index is -0.109. The van der Waals surface area contributed by atoms with E-state index in [1.165, 1.54) is 0 Å². The predicted molar refractivity (Wildman–Crippen MR) is 124 cm³/mol. The van der Waals surface area contributed by atoms with Gasteiger partial charge < -0.3 is 24.0 Å². The van der Waals surface area contributed by atoms with Crippen molar-refractivity contribution in [2.45, 2.75) is 13.5 Å². The van der Waals surface area contributed by atoms with Crippen LogP contribution in [0.2, 0.25) is 0 Å². The normalized spacial score (nSPS) is 15.6. The molecule has 172 valence electrons. The molecule has 0 atom stereocenters. The number of hydrogen-bond acceptors (Lipinski definition) is 7. The molecular weight excluding hydrogens is 424 g/mol. The lowest BCUT2D eigenvalue weighted by atomic mass is 10.1. The van der Waals surface area contributed by atoms with Crippen molar-refractivity contribution in [3.05, 3.63) is 52.3 Å². The van der Waals surface area contributed by atoms with Crippen molar-refractivity contribution in [1.29, 1.82) is 0 Å². The van der Waals surface area contributed by atoms with Crippen molar-refractivity contribution in [3.8, 4) is 17.2 Å². The number of carbonyl (C=O) groups is 1. The largest absolute Gasteiger partial charge is 0.496 e. The smallest absolute Gasteiger partial charge is 0.262 e. The highest BCUT2D eigenvalue weighted by atomic mass is 16.6. The topological polar surface area (TPSA) is 86.1 Å². The maximum Gasteiger partial charge on any atom is 0.262 e. The monoisotopic (exact) mass is 450 g/mol. The zero-order valence-corrected chi connectivity index (χ0v) is 18.7. The quantitative estimate of drug-likeness (QED) is 0.602. The summed E-state index contributed by atoms with van der Waals surface area (Å²) >= 11 is 0. The molecule has 0 radical (unpaired) electrons. The number of para-hydroxylation sites is 1. The summed E-state index contributed by atoms with van der Waals surface area (Å²) in [5.41, 5.74) is 1.02. The molecule has 5 rings (SSSR count). The molecule has 1 amide bonds. The molecule has 0 N–H and O–H groups in total. The number of aromatic nitrogens is 2. The van der Waals surface area contributed by atoms with Crippen LogP contribution in [0.1, 0.15) is 17.3 Å². The van der Waals surface area contributed by atoms with Crippen molar-refractivity contribution in [2.75, 3.05) is 51.4 Å². The first-order chi connectivity index (χ1) is 16.1. The van der Waals surface area contributed by atoms with E-state index in [9.17, 15) is 9.59 Å². The van der Waals surface area contributed by atoms with Gasteiger partial charge in [-0.25, -0.2) is 4.98 Å². The van der Waals surface area contributed by atoms with Gasteiger partial charge in [0, 0.05) is 38.8 Å². The Hall–Kier alpha value is -3.75. The van der Waals surface area contributed by atoms with Gasteiger partial charge in [0.05, 0.1) is 23.6 Å². The van der Waals surface area contributed by atoms with Gasteiger partial charge in [-0.15, -0.1) is 0 Å². The van der Waals surface area contributed by atoms with Gasteiger partial charge in [-0.1, -0.05) is 12.1 Å². The highest BCUT2D eigenvalue weighted by Crippen LogP contribution is 2.33. The fourth-order valence-corrected chi connectivity index (χ4v) is 4.37. The Kier molecular flexibility index (Phi) is 5.53. The molecule has 9 nitrogen and oxygen atoms in total. The number of amides is 1. The van der Waals surface area contributed by atoms with Crippen molar-refractivity contribution in [3.63, 3.8) is 0 Å². The van der Waals surface area contributed by atoms with E-state index in [-0.39, 0.29) is 11.5 Å². The van der Waals surface area contributed by atoms with Gasteiger partial charge in [-0.3, -0.25) is 14.2 Å². The Morgan fingerprint density at radius 3 is 2.45 bits per heavy atom. The highest BCUT2D eigenvalue weighted by molar-refractivity contribution is 5.97. The molecule has 0 spiro atoms. The van der Waals surface area contributed by atoms with Crippen LogP contribution in [-0.2, 0) is 6.54 Å². The minimum Gasteiger partial charge on any atom is -0.496 e. The molecule has 0 aliphatic carbocycles. The Morgan fingerprint density at radius 2 is 1.76 bits per heavy atom. The minimum absolute atomic E-state index is 0.0600. The van der Waals surface area contributed by atoms with Crippen LogP contribution in [0.5, 0.6) is 17.2 Å². The van der Waals surface area contributed by atoms with Crippen molar-refractivity contribution in [2.24, 2.45) is 0 Å². The van der Waals surface area contributed by atoms with Gasteiger partial charge in [-0.05, 0) is 25.1 Å². The molecule has 2 aromatic carbocycles. The Labute approximate surface area is 191 Å². The van der Waals surface area contributed by atoms with E-state index in [1.807, 2.05) is 24.0 Å². The molecule has 2 aliphatic rings. The maximum atomic E-state index is 13.3. The van der Waals surface area contributed by atoms with Crippen molar-refractivity contribution in [1.82, 2.24) is 14.5 Å². The van der Waals surface area contributed by atoms with Gasteiger partial charge in [-0.2, -0.15) is 0 Å².